The van der Waals surface area contributed by atoms with E-state index in [-0.39, 0.29) is 23.0 Å². The molecule has 0 saturated carbocycles. The van der Waals surface area contributed by atoms with Crippen molar-refractivity contribution < 1.29 is 14.0 Å². The number of benzene rings is 3. The topological polar surface area (TPSA) is 64.0 Å². The van der Waals surface area contributed by atoms with E-state index in [1.165, 1.54) is 16.8 Å². The van der Waals surface area contributed by atoms with Crippen LogP contribution in [0.15, 0.2) is 72.8 Å². The van der Waals surface area contributed by atoms with Crippen molar-refractivity contribution in [2.75, 3.05) is 0 Å². The minimum atomic E-state index is -0.535. The van der Waals surface area contributed by atoms with Crippen LogP contribution in [-0.2, 0) is 0 Å². The maximum absolute atomic E-state index is 14.7. The first kappa shape index (κ1) is 22.4. The average molecular weight is 462 g/mol. The van der Waals surface area contributed by atoms with E-state index < -0.39 is 11.7 Å². The second-order valence-electron chi connectivity index (χ2n) is 7.70. The van der Waals surface area contributed by atoms with E-state index in [0.29, 0.717) is 22.6 Å². The average Bonchev–Trinajstić information content (AvgIpc) is 3.20. The largest absolute Gasteiger partial charge is 0.344 e. The van der Waals surface area contributed by atoms with Crippen LogP contribution in [0.1, 0.15) is 44.9 Å². The molecule has 0 radical (unpaired) electrons. The van der Waals surface area contributed by atoms with Gasteiger partial charge in [-0.25, -0.2) is 9.07 Å². The summed E-state index contributed by atoms with van der Waals surface area (Å²) in [5.74, 6) is -1.07. The number of halogens is 2. The minimum absolute atomic E-state index is 0.0641. The van der Waals surface area contributed by atoms with Crippen molar-refractivity contribution in [3.8, 4) is 16.9 Å². The zero-order valence-corrected chi connectivity index (χ0v) is 18.8. The fraction of sp³-hybridized carbons (Fsp3) is 0.115. The molecule has 7 heteroatoms. The summed E-state index contributed by atoms with van der Waals surface area (Å²) in [5, 5.41) is 7.77. The zero-order valence-electron chi connectivity index (χ0n) is 18.0. The number of rotatable bonds is 6. The van der Waals surface area contributed by atoms with Gasteiger partial charge in [-0.15, -0.1) is 0 Å². The highest BCUT2D eigenvalue weighted by atomic mass is 35.5. The molecule has 0 aliphatic rings. The molecule has 0 saturated heterocycles. The Kier molecular flexibility index (Phi) is 6.38. The Hall–Kier alpha value is -3.77. The van der Waals surface area contributed by atoms with E-state index in [1.807, 2.05) is 38.1 Å². The number of hydrogen-bond donors (Lipinski definition) is 1. The fourth-order valence-electron chi connectivity index (χ4n) is 3.60. The molecule has 1 amide bonds. The van der Waals surface area contributed by atoms with Crippen LogP contribution in [0.3, 0.4) is 0 Å². The molecule has 0 spiro atoms. The molecule has 0 aliphatic heterocycles. The molecule has 4 rings (SSSR count). The Bertz CT molecular complexity index is 1310. The van der Waals surface area contributed by atoms with Crippen LogP contribution >= 0.6 is 11.6 Å². The van der Waals surface area contributed by atoms with Crippen molar-refractivity contribution in [3.05, 3.63) is 106 Å². The van der Waals surface area contributed by atoms with Crippen molar-refractivity contribution in [1.29, 1.82) is 0 Å². The molecule has 1 heterocycles. The van der Waals surface area contributed by atoms with E-state index in [1.54, 1.807) is 36.4 Å². The summed E-state index contributed by atoms with van der Waals surface area (Å²) in [5.41, 5.74) is 3.00. The lowest BCUT2D eigenvalue weighted by atomic mass is 10.0. The van der Waals surface area contributed by atoms with Crippen LogP contribution in [0.2, 0.25) is 5.02 Å². The van der Waals surface area contributed by atoms with E-state index in [9.17, 15) is 14.0 Å². The summed E-state index contributed by atoms with van der Waals surface area (Å²) in [7, 11) is 0. The lowest BCUT2D eigenvalue weighted by Gasteiger charge is -2.14. The molecule has 4 aromatic rings. The second kappa shape index (κ2) is 9.38. The van der Waals surface area contributed by atoms with Gasteiger partial charge in [0.05, 0.1) is 17.3 Å². The van der Waals surface area contributed by atoms with Gasteiger partial charge in [-0.3, -0.25) is 9.59 Å². The smallest absolute Gasteiger partial charge is 0.273 e. The summed E-state index contributed by atoms with van der Waals surface area (Å²) < 4.78 is 16.0. The summed E-state index contributed by atoms with van der Waals surface area (Å²) in [4.78, 5) is 25.3. The maximum atomic E-state index is 14.7. The first-order valence-electron chi connectivity index (χ1n) is 10.4. The van der Waals surface area contributed by atoms with Crippen LogP contribution in [0, 0.1) is 12.7 Å². The molecule has 0 fully saturated rings. The van der Waals surface area contributed by atoms with Gasteiger partial charge in [0.1, 0.15) is 11.5 Å². The molecule has 0 aliphatic carbocycles. The highest BCUT2D eigenvalue weighted by Crippen LogP contribution is 2.30. The van der Waals surface area contributed by atoms with Crippen LogP contribution in [0.4, 0.5) is 4.39 Å². The SMILES string of the molecule is Cc1ccc([C@@H](C)NC(=O)c2nn(-c3ccccc3F)c(-c3ccc(Cl)cc3)c2C=O)cc1. The molecule has 166 valence electrons. The number of nitrogens with one attached hydrogen (secondary N) is 1. The number of hydrogen-bond acceptors (Lipinski definition) is 3. The molecular formula is C26H21ClFN3O2. The Morgan fingerprint density at radius 1 is 1.06 bits per heavy atom. The summed E-state index contributed by atoms with van der Waals surface area (Å²) >= 11 is 6.02. The summed E-state index contributed by atoms with van der Waals surface area (Å²) in [6.07, 6.45) is 0.569. The lowest BCUT2D eigenvalue weighted by Crippen LogP contribution is -2.28. The predicted octanol–water partition coefficient (Wildman–Crippen LogP) is 5.94. The Balaban J connectivity index is 1.81. The number of aldehydes is 1. The minimum Gasteiger partial charge on any atom is -0.344 e. The fourth-order valence-corrected chi connectivity index (χ4v) is 3.72. The number of para-hydroxylation sites is 1. The van der Waals surface area contributed by atoms with Crippen molar-refractivity contribution in [2.24, 2.45) is 0 Å². The summed E-state index contributed by atoms with van der Waals surface area (Å²) in [6.45, 7) is 3.83. The Morgan fingerprint density at radius 3 is 2.36 bits per heavy atom. The monoisotopic (exact) mass is 461 g/mol. The third kappa shape index (κ3) is 4.56. The first-order chi connectivity index (χ1) is 15.9. The number of aromatic nitrogens is 2. The van der Waals surface area contributed by atoms with Crippen LogP contribution in [0.25, 0.3) is 16.9 Å². The van der Waals surface area contributed by atoms with E-state index in [2.05, 4.69) is 10.4 Å². The van der Waals surface area contributed by atoms with Crippen LogP contribution in [0.5, 0.6) is 0 Å². The molecule has 3 aromatic carbocycles. The molecule has 1 aromatic heterocycles. The van der Waals surface area contributed by atoms with Crippen molar-refractivity contribution >= 4 is 23.8 Å². The standard InChI is InChI=1S/C26H21ClFN3O2/c1-16-7-9-18(10-8-16)17(2)29-26(33)24-21(15-32)25(19-11-13-20(27)14-12-19)31(30-24)23-6-4-3-5-22(23)28/h3-15,17H,1-2H3,(H,29,33)/t17-/m1/s1. The highest BCUT2D eigenvalue weighted by Gasteiger charge is 2.26. The molecule has 5 nitrogen and oxygen atoms in total. The van der Waals surface area contributed by atoms with Crippen molar-refractivity contribution in [3.63, 3.8) is 0 Å². The van der Waals surface area contributed by atoms with Crippen molar-refractivity contribution in [2.45, 2.75) is 19.9 Å². The van der Waals surface area contributed by atoms with E-state index in [4.69, 9.17) is 11.6 Å². The molecule has 0 unspecified atom stereocenters. The highest BCUT2D eigenvalue weighted by molar-refractivity contribution is 6.30. The predicted molar refractivity (Wildman–Crippen MR) is 126 cm³/mol. The molecular weight excluding hydrogens is 441 g/mol. The van der Waals surface area contributed by atoms with Crippen molar-refractivity contribution in [1.82, 2.24) is 15.1 Å². The second-order valence-corrected chi connectivity index (χ2v) is 8.14. The number of aryl methyl sites for hydroxylation is 1. The summed E-state index contributed by atoms with van der Waals surface area (Å²) in [6, 6.07) is 20.2. The number of carbonyl (C=O) groups excluding carboxylic acids is 2. The van der Waals surface area contributed by atoms with Gasteiger partial charge in [0.2, 0.25) is 0 Å². The quantitative estimate of drug-likeness (QED) is 0.361. The van der Waals surface area contributed by atoms with Gasteiger partial charge >= 0.3 is 0 Å². The van der Waals surface area contributed by atoms with E-state index in [0.717, 1.165) is 11.1 Å². The van der Waals surface area contributed by atoms with Gasteiger partial charge < -0.3 is 5.32 Å². The third-order valence-corrected chi connectivity index (χ3v) is 5.63. The van der Waals surface area contributed by atoms with E-state index >= 15 is 0 Å². The zero-order chi connectivity index (χ0) is 23.5. The molecule has 1 N–H and O–H groups in total. The molecule has 33 heavy (non-hydrogen) atoms. The third-order valence-electron chi connectivity index (χ3n) is 5.38. The normalized spacial score (nSPS) is 11.8. The Morgan fingerprint density at radius 2 is 1.73 bits per heavy atom. The number of amides is 1. The molecule has 1 atom stereocenters. The van der Waals surface area contributed by atoms with Crippen LogP contribution < -0.4 is 5.32 Å². The van der Waals surface area contributed by atoms with Gasteiger partial charge in [-0.1, -0.05) is 65.7 Å². The first-order valence-corrected chi connectivity index (χ1v) is 10.7. The van der Waals surface area contributed by atoms with Gasteiger partial charge in [0, 0.05) is 10.6 Å². The van der Waals surface area contributed by atoms with Gasteiger partial charge in [0.15, 0.2) is 12.0 Å². The van der Waals surface area contributed by atoms with Gasteiger partial charge in [0.25, 0.3) is 5.91 Å². The Labute approximate surface area is 195 Å². The maximum Gasteiger partial charge on any atom is 0.273 e. The van der Waals surface area contributed by atoms with Crippen LogP contribution in [-0.4, -0.2) is 22.0 Å². The molecule has 0 bridgehead atoms. The van der Waals surface area contributed by atoms with Gasteiger partial charge in [-0.2, -0.15) is 5.10 Å². The van der Waals surface area contributed by atoms with Gasteiger partial charge in [-0.05, 0) is 43.7 Å². The number of nitrogens with zero attached hydrogens (tertiary/aromatic N) is 2. The lowest BCUT2D eigenvalue weighted by molar-refractivity contribution is 0.0929. The number of carbonyl (C=O) groups is 2.